The first kappa shape index (κ1) is 18.7. The van der Waals surface area contributed by atoms with Gasteiger partial charge in [-0.05, 0) is 50.4 Å². The van der Waals surface area contributed by atoms with E-state index in [0.29, 0.717) is 0 Å². The molecule has 6 aliphatic heterocycles. The molecule has 4 heteroatoms. The summed E-state index contributed by atoms with van der Waals surface area (Å²) in [6.45, 7) is 12.1. The number of nitrogens with zero attached hydrogens (tertiary/aromatic N) is 2. The minimum absolute atomic E-state index is 0. The van der Waals surface area contributed by atoms with Crippen molar-refractivity contribution in [1.82, 2.24) is 0 Å². The van der Waals surface area contributed by atoms with Crippen molar-refractivity contribution in [2.75, 3.05) is 52.4 Å². The van der Waals surface area contributed by atoms with E-state index in [1.165, 1.54) is 67.7 Å². The van der Waals surface area contributed by atoms with Gasteiger partial charge in [0.15, 0.2) is 0 Å². The molecule has 0 atom stereocenters. The van der Waals surface area contributed by atoms with E-state index in [1.807, 2.05) is 0 Å². The van der Waals surface area contributed by atoms with E-state index in [-0.39, 0.29) is 48.0 Å². The largest absolute Gasteiger partial charge is 1.00 e. The second kappa shape index (κ2) is 7.51. The number of piperidine rings is 6. The minimum Gasteiger partial charge on any atom is -1.00 e. The molecule has 21 heavy (non-hydrogen) atoms. The van der Waals surface area contributed by atoms with Gasteiger partial charge < -0.3 is 56.9 Å². The molecule has 0 aliphatic carbocycles. The van der Waals surface area contributed by atoms with Crippen molar-refractivity contribution in [2.24, 2.45) is 11.8 Å². The second-order valence-corrected chi connectivity index (χ2v) is 8.29. The molecule has 6 fully saturated rings. The SMILES string of the molecule is C(C[N+]12CCC(CC1)CC2)C[N+]12CCC(CC1)CC2.[I-].[I-]. The van der Waals surface area contributed by atoms with Crippen LogP contribution in [0.25, 0.3) is 0 Å². The monoisotopic (exact) mass is 518 g/mol. The first-order valence-electron chi connectivity index (χ1n) is 8.98. The standard InChI is InChI=1S/C17H32N2.2HI/c1(8-18-10-2-16(3-11-18)4-12-18)9-19-13-5-17(6-14-19)7-15-19;;/h16-17H,1-15H2;2*1H/q+2;;/p-2. The summed E-state index contributed by atoms with van der Waals surface area (Å²) in [6, 6.07) is 0. The Morgan fingerprint density at radius 1 is 0.524 bits per heavy atom. The van der Waals surface area contributed by atoms with Gasteiger partial charge >= 0.3 is 0 Å². The summed E-state index contributed by atoms with van der Waals surface area (Å²) in [5.74, 6) is 2.23. The van der Waals surface area contributed by atoms with Gasteiger partial charge in [0.1, 0.15) is 0 Å². The van der Waals surface area contributed by atoms with E-state index in [0.717, 1.165) is 11.8 Å². The number of hydrogen-bond acceptors (Lipinski definition) is 0. The Bertz CT molecular complexity index is 272. The lowest BCUT2D eigenvalue weighted by Crippen LogP contribution is -3.00. The minimum atomic E-state index is 0. The van der Waals surface area contributed by atoms with Crippen LogP contribution in [0.2, 0.25) is 0 Å². The lowest BCUT2D eigenvalue weighted by Gasteiger charge is -2.51. The molecule has 0 amide bonds. The molecule has 0 N–H and O–H groups in total. The molecule has 0 aromatic rings. The third-order valence-electron chi connectivity index (χ3n) is 7.34. The molecule has 0 radical (unpaired) electrons. The number of fused-ring (bicyclic) bond motifs is 6. The molecular weight excluding hydrogens is 486 g/mol. The number of hydrogen-bond donors (Lipinski definition) is 0. The highest BCUT2D eigenvalue weighted by Crippen LogP contribution is 2.36. The topological polar surface area (TPSA) is 0 Å². The van der Waals surface area contributed by atoms with Crippen molar-refractivity contribution in [1.29, 1.82) is 0 Å². The van der Waals surface area contributed by atoms with Crippen LogP contribution in [0, 0.1) is 11.8 Å². The molecule has 6 rings (SSSR count). The molecule has 4 bridgehead atoms. The van der Waals surface area contributed by atoms with Gasteiger partial charge in [-0.25, -0.2) is 0 Å². The third-order valence-corrected chi connectivity index (χ3v) is 7.34. The maximum Gasteiger partial charge on any atom is 0.0841 e. The van der Waals surface area contributed by atoms with Crippen molar-refractivity contribution in [3.05, 3.63) is 0 Å². The van der Waals surface area contributed by atoms with Gasteiger partial charge in [-0.15, -0.1) is 0 Å². The van der Waals surface area contributed by atoms with Crippen LogP contribution in [0.5, 0.6) is 0 Å². The maximum atomic E-state index is 1.54. The normalized spacial score (nSPS) is 44.0. The smallest absolute Gasteiger partial charge is 0.0841 e. The molecule has 0 saturated carbocycles. The molecule has 6 heterocycles. The zero-order valence-corrected chi connectivity index (χ0v) is 17.7. The highest BCUT2D eigenvalue weighted by atomic mass is 127. The first-order valence-corrected chi connectivity index (χ1v) is 8.98. The average Bonchev–Trinajstić information content (AvgIpc) is 2.50. The van der Waals surface area contributed by atoms with E-state index in [9.17, 15) is 0 Å². The van der Waals surface area contributed by atoms with Crippen LogP contribution in [-0.4, -0.2) is 61.3 Å². The second-order valence-electron chi connectivity index (χ2n) is 8.29. The molecule has 6 aliphatic rings. The Kier molecular flexibility index (Phi) is 6.70. The molecule has 2 nitrogen and oxygen atoms in total. The lowest BCUT2D eigenvalue weighted by molar-refractivity contribution is -0.960. The van der Waals surface area contributed by atoms with Gasteiger partial charge in [-0.3, -0.25) is 0 Å². The zero-order valence-electron chi connectivity index (χ0n) is 13.4. The molecular formula is C17H32I2N2. The molecule has 0 unspecified atom stereocenters. The Morgan fingerprint density at radius 3 is 1.10 bits per heavy atom. The molecule has 124 valence electrons. The Hall–Kier alpha value is 1.38. The van der Waals surface area contributed by atoms with Gasteiger partial charge in [-0.1, -0.05) is 0 Å². The Morgan fingerprint density at radius 2 is 0.810 bits per heavy atom. The summed E-state index contributed by atoms with van der Waals surface area (Å²) in [7, 11) is 0. The maximum absolute atomic E-state index is 1.54. The summed E-state index contributed by atoms with van der Waals surface area (Å²) in [5, 5.41) is 0. The summed E-state index contributed by atoms with van der Waals surface area (Å²) < 4.78 is 3.03. The fraction of sp³-hybridized carbons (Fsp3) is 1.00. The van der Waals surface area contributed by atoms with Gasteiger partial charge in [0.25, 0.3) is 0 Å². The van der Waals surface area contributed by atoms with Gasteiger partial charge in [0.05, 0.1) is 52.4 Å². The number of rotatable bonds is 4. The highest BCUT2D eigenvalue weighted by Gasteiger charge is 2.42. The van der Waals surface area contributed by atoms with E-state index >= 15 is 0 Å². The predicted octanol–water partition coefficient (Wildman–Crippen LogP) is -3.35. The van der Waals surface area contributed by atoms with Crippen molar-refractivity contribution in [3.63, 3.8) is 0 Å². The van der Waals surface area contributed by atoms with Crippen LogP contribution in [0.1, 0.15) is 44.9 Å². The molecule has 0 spiro atoms. The summed E-state index contributed by atoms with van der Waals surface area (Å²) in [5.41, 5.74) is 0. The molecule has 0 aromatic heterocycles. The quantitative estimate of drug-likeness (QED) is 0.270. The van der Waals surface area contributed by atoms with E-state index in [1.54, 1.807) is 38.5 Å². The molecule has 6 saturated heterocycles. The highest BCUT2D eigenvalue weighted by molar-refractivity contribution is 4.73. The van der Waals surface area contributed by atoms with Crippen LogP contribution in [-0.2, 0) is 0 Å². The van der Waals surface area contributed by atoms with E-state index < -0.39 is 0 Å². The van der Waals surface area contributed by atoms with Gasteiger partial charge in [0.2, 0.25) is 0 Å². The van der Waals surface area contributed by atoms with E-state index in [4.69, 9.17) is 0 Å². The number of quaternary nitrogens is 2. The van der Waals surface area contributed by atoms with Crippen LogP contribution >= 0.6 is 0 Å². The van der Waals surface area contributed by atoms with Crippen LogP contribution < -0.4 is 48.0 Å². The Labute approximate surface area is 165 Å². The van der Waals surface area contributed by atoms with Gasteiger partial charge in [-0.2, -0.15) is 0 Å². The van der Waals surface area contributed by atoms with Crippen molar-refractivity contribution >= 4 is 0 Å². The van der Waals surface area contributed by atoms with Gasteiger partial charge in [0, 0.05) is 6.42 Å². The third kappa shape index (κ3) is 3.90. The van der Waals surface area contributed by atoms with Crippen LogP contribution in [0.3, 0.4) is 0 Å². The summed E-state index contributed by atoms with van der Waals surface area (Å²) in [4.78, 5) is 0. The number of halogens is 2. The summed E-state index contributed by atoms with van der Waals surface area (Å²) in [6.07, 6.45) is 10.8. The Balaban J connectivity index is 0.000000807. The van der Waals surface area contributed by atoms with Crippen molar-refractivity contribution in [2.45, 2.75) is 44.9 Å². The van der Waals surface area contributed by atoms with Crippen molar-refractivity contribution < 1.29 is 56.9 Å². The summed E-state index contributed by atoms with van der Waals surface area (Å²) >= 11 is 0. The average molecular weight is 518 g/mol. The lowest BCUT2D eigenvalue weighted by atomic mass is 9.84. The zero-order chi connectivity index (χ0) is 12.8. The fourth-order valence-electron chi connectivity index (χ4n) is 5.69. The molecule has 0 aromatic carbocycles. The van der Waals surface area contributed by atoms with Crippen molar-refractivity contribution in [3.8, 4) is 0 Å². The van der Waals surface area contributed by atoms with Crippen LogP contribution in [0.15, 0.2) is 0 Å². The van der Waals surface area contributed by atoms with Crippen LogP contribution in [0.4, 0.5) is 0 Å². The predicted molar refractivity (Wildman–Crippen MR) is 78.8 cm³/mol. The first-order chi connectivity index (χ1) is 9.28. The van der Waals surface area contributed by atoms with E-state index in [2.05, 4.69) is 0 Å². The fourth-order valence-corrected chi connectivity index (χ4v) is 5.69.